The fourth-order valence-electron chi connectivity index (χ4n) is 0.782. The van der Waals surface area contributed by atoms with Crippen molar-refractivity contribution in [2.24, 2.45) is 0 Å². The summed E-state index contributed by atoms with van der Waals surface area (Å²) in [6.07, 6.45) is 1.38. The zero-order valence-electron chi connectivity index (χ0n) is 6.88. The molecule has 70 valence electrons. The standard InChI is InChI=1S/C8H7FINO2/c1-13-8(12)3-7-6(9)2-5(10)4-11-7/h2,4H,3H2,1H3. The third-order valence-corrected chi connectivity index (χ3v) is 2.01. The maximum atomic E-state index is 13.1. The van der Waals surface area contributed by atoms with Crippen LogP contribution in [-0.4, -0.2) is 18.1 Å². The van der Waals surface area contributed by atoms with Crippen molar-refractivity contribution >= 4 is 28.6 Å². The van der Waals surface area contributed by atoms with E-state index in [9.17, 15) is 9.18 Å². The molecule has 0 unspecified atom stereocenters. The summed E-state index contributed by atoms with van der Waals surface area (Å²) in [6, 6.07) is 1.33. The van der Waals surface area contributed by atoms with E-state index in [4.69, 9.17) is 0 Å². The number of methoxy groups -OCH3 is 1. The molecule has 0 aliphatic rings. The Morgan fingerprint density at radius 1 is 1.77 bits per heavy atom. The zero-order chi connectivity index (χ0) is 9.84. The molecule has 1 rings (SSSR count). The Labute approximate surface area is 88.4 Å². The van der Waals surface area contributed by atoms with Crippen molar-refractivity contribution in [3.8, 4) is 0 Å². The fraction of sp³-hybridized carbons (Fsp3) is 0.250. The minimum Gasteiger partial charge on any atom is -0.469 e. The number of carbonyl (C=O) groups excluding carboxylic acids is 1. The Hall–Kier alpha value is -0.720. The molecule has 0 aliphatic heterocycles. The van der Waals surface area contributed by atoms with E-state index in [1.165, 1.54) is 19.4 Å². The fourth-order valence-corrected chi connectivity index (χ4v) is 1.19. The minimum absolute atomic E-state index is 0.118. The molecule has 0 N–H and O–H groups in total. The molecule has 1 aromatic rings. The molecular weight excluding hydrogens is 288 g/mol. The third-order valence-electron chi connectivity index (χ3n) is 1.42. The lowest BCUT2D eigenvalue weighted by molar-refractivity contribution is -0.139. The normalized spacial score (nSPS) is 9.77. The van der Waals surface area contributed by atoms with Gasteiger partial charge in [-0.3, -0.25) is 9.78 Å². The number of nitrogens with zero attached hydrogens (tertiary/aromatic N) is 1. The molecule has 0 atom stereocenters. The van der Waals surface area contributed by atoms with E-state index in [1.807, 2.05) is 22.6 Å². The number of carbonyl (C=O) groups is 1. The Morgan fingerprint density at radius 3 is 3.00 bits per heavy atom. The van der Waals surface area contributed by atoms with E-state index in [1.54, 1.807) is 0 Å². The van der Waals surface area contributed by atoms with Gasteiger partial charge in [0.15, 0.2) is 0 Å². The van der Waals surface area contributed by atoms with Crippen molar-refractivity contribution in [1.82, 2.24) is 4.98 Å². The maximum absolute atomic E-state index is 13.1. The first-order chi connectivity index (χ1) is 6.13. The van der Waals surface area contributed by atoms with Crippen LogP contribution in [0.25, 0.3) is 0 Å². The van der Waals surface area contributed by atoms with Gasteiger partial charge in [-0.25, -0.2) is 4.39 Å². The SMILES string of the molecule is COC(=O)Cc1ncc(I)cc1F. The second-order valence-electron chi connectivity index (χ2n) is 2.33. The zero-order valence-corrected chi connectivity index (χ0v) is 9.04. The summed E-state index contributed by atoms with van der Waals surface area (Å²) in [7, 11) is 1.26. The van der Waals surface area contributed by atoms with Crippen LogP contribution in [0.5, 0.6) is 0 Å². The molecular formula is C8H7FINO2. The largest absolute Gasteiger partial charge is 0.469 e. The molecule has 0 aliphatic carbocycles. The van der Waals surface area contributed by atoms with Crippen LogP contribution in [0.2, 0.25) is 0 Å². The Balaban J connectivity index is 2.83. The van der Waals surface area contributed by atoms with Crippen molar-refractivity contribution in [3.63, 3.8) is 0 Å². The van der Waals surface area contributed by atoms with Gasteiger partial charge >= 0.3 is 5.97 Å². The van der Waals surface area contributed by atoms with Gasteiger partial charge in [-0.2, -0.15) is 0 Å². The molecule has 0 bridgehead atoms. The van der Waals surface area contributed by atoms with Crippen LogP contribution < -0.4 is 0 Å². The predicted octanol–water partition coefficient (Wildman–Crippen LogP) is 1.54. The molecule has 0 spiro atoms. The first-order valence-electron chi connectivity index (χ1n) is 3.50. The quantitative estimate of drug-likeness (QED) is 0.614. The van der Waals surface area contributed by atoms with Crippen LogP contribution in [-0.2, 0) is 16.0 Å². The van der Waals surface area contributed by atoms with Gasteiger partial charge in [0.25, 0.3) is 0 Å². The van der Waals surface area contributed by atoms with Gasteiger partial charge in [-0.15, -0.1) is 0 Å². The average molecular weight is 295 g/mol. The van der Waals surface area contributed by atoms with Crippen LogP contribution in [0.1, 0.15) is 5.69 Å². The molecule has 5 heteroatoms. The van der Waals surface area contributed by atoms with E-state index in [0.717, 1.165) is 0 Å². The summed E-state index contributed by atoms with van der Waals surface area (Å²) in [5, 5.41) is 0. The molecule has 0 fully saturated rings. The van der Waals surface area contributed by atoms with E-state index >= 15 is 0 Å². The number of aromatic nitrogens is 1. The topological polar surface area (TPSA) is 39.2 Å². The van der Waals surface area contributed by atoms with E-state index in [0.29, 0.717) is 3.57 Å². The van der Waals surface area contributed by atoms with Crippen LogP contribution >= 0.6 is 22.6 Å². The molecule has 3 nitrogen and oxygen atoms in total. The summed E-state index contributed by atoms with van der Waals surface area (Å²) in [6.45, 7) is 0. The molecule has 0 saturated carbocycles. The summed E-state index contributed by atoms with van der Waals surface area (Å²) >= 11 is 1.95. The van der Waals surface area contributed by atoms with Crippen molar-refractivity contribution in [1.29, 1.82) is 0 Å². The lowest BCUT2D eigenvalue weighted by Gasteiger charge is -2.00. The van der Waals surface area contributed by atoms with Crippen molar-refractivity contribution < 1.29 is 13.9 Å². The lowest BCUT2D eigenvalue weighted by atomic mass is 10.2. The van der Waals surface area contributed by atoms with Gasteiger partial charge in [-0.1, -0.05) is 0 Å². The number of hydrogen-bond donors (Lipinski definition) is 0. The highest BCUT2D eigenvalue weighted by Crippen LogP contribution is 2.09. The van der Waals surface area contributed by atoms with Gasteiger partial charge in [0.1, 0.15) is 5.82 Å². The van der Waals surface area contributed by atoms with Gasteiger partial charge in [-0.05, 0) is 28.7 Å². The van der Waals surface area contributed by atoms with E-state index in [-0.39, 0.29) is 12.1 Å². The molecule has 13 heavy (non-hydrogen) atoms. The maximum Gasteiger partial charge on any atom is 0.311 e. The van der Waals surface area contributed by atoms with Gasteiger partial charge in [0.05, 0.1) is 19.2 Å². The highest BCUT2D eigenvalue weighted by Gasteiger charge is 2.09. The van der Waals surface area contributed by atoms with Crippen molar-refractivity contribution in [2.45, 2.75) is 6.42 Å². The Bertz CT molecular complexity index is 330. The van der Waals surface area contributed by atoms with E-state index in [2.05, 4.69) is 9.72 Å². The first kappa shape index (κ1) is 10.4. The molecule has 0 amide bonds. The van der Waals surface area contributed by atoms with Crippen molar-refractivity contribution in [3.05, 3.63) is 27.3 Å². The summed E-state index contributed by atoms with van der Waals surface area (Å²) < 4.78 is 18.2. The van der Waals surface area contributed by atoms with Gasteiger partial charge in [0, 0.05) is 9.77 Å². The van der Waals surface area contributed by atoms with E-state index < -0.39 is 11.8 Å². The number of esters is 1. The monoisotopic (exact) mass is 295 g/mol. The number of hydrogen-bond acceptors (Lipinski definition) is 3. The number of halogens is 2. The predicted molar refractivity (Wildman–Crippen MR) is 52.6 cm³/mol. The smallest absolute Gasteiger partial charge is 0.311 e. The average Bonchev–Trinajstić information content (AvgIpc) is 2.09. The Morgan fingerprint density at radius 2 is 2.46 bits per heavy atom. The first-order valence-corrected chi connectivity index (χ1v) is 4.58. The second kappa shape index (κ2) is 4.50. The molecule has 1 aromatic heterocycles. The highest BCUT2D eigenvalue weighted by molar-refractivity contribution is 14.1. The van der Waals surface area contributed by atoms with Crippen LogP contribution in [0.15, 0.2) is 12.3 Å². The molecule has 0 aromatic carbocycles. The van der Waals surface area contributed by atoms with Crippen molar-refractivity contribution in [2.75, 3.05) is 7.11 Å². The van der Waals surface area contributed by atoms with Gasteiger partial charge < -0.3 is 4.74 Å². The number of pyridine rings is 1. The van der Waals surface area contributed by atoms with Crippen LogP contribution in [0, 0.1) is 9.39 Å². The third kappa shape index (κ3) is 2.91. The lowest BCUT2D eigenvalue weighted by Crippen LogP contribution is -2.08. The summed E-state index contributed by atoms with van der Waals surface area (Å²) in [5.74, 6) is -0.968. The molecule has 0 radical (unpaired) electrons. The Kier molecular flexibility index (Phi) is 3.58. The van der Waals surface area contributed by atoms with Gasteiger partial charge in [0.2, 0.25) is 0 Å². The number of ether oxygens (including phenoxy) is 1. The highest BCUT2D eigenvalue weighted by atomic mass is 127. The minimum atomic E-state index is -0.493. The van der Waals surface area contributed by atoms with Crippen LogP contribution in [0.3, 0.4) is 0 Å². The number of rotatable bonds is 2. The molecule has 0 saturated heterocycles. The summed E-state index contributed by atoms with van der Waals surface area (Å²) in [5.41, 5.74) is 0.118. The second-order valence-corrected chi connectivity index (χ2v) is 3.58. The molecule has 1 heterocycles. The van der Waals surface area contributed by atoms with Crippen LogP contribution in [0.4, 0.5) is 4.39 Å². The summed E-state index contributed by atoms with van der Waals surface area (Å²) in [4.78, 5) is 14.6.